The summed E-state index contributed by atoms with van der Waals surface area (Å²) in [6, 6.07) is 152. The van der Waals surface area contributed by atoms with Gasteiger partial charge in [0.15, 0.2) is 58.7 Å². The molecule has 0 N–H and O–H groups in total. The Labute approximate surface area is 706 Å². The van der Waals surface area contributed by atoms with Crippen LogP contribution in [-0.4, -0.2) is 23.9 Å². The van der Waals surface area contributed by atoms with E-state index < -0.39 is 0 Å². The molecule has 0 atom stereocenters. The molecule has 1 fully saturated rings. The van der Waals surface area contributed by atoms with Crippen LogP contribution in [0.15, 0.2) is 514 Å². The van der Waals surface area contributed by atoms with Gasteiger partial charge in [-0.1, -0.05) is 243 Å². The second-order valence-electron chi connectivity index (χ2n) is 27.6. The number of benzene rings is 17. The summed E-state index contributed by atoms with van der Waals surface area (Å²) in [4.78, 5) is 64.9. The van der Waals surface area contributed by atoms with Crippen LogP contribution in [-0.2, 0) is 48.4 Å². The van der Waals surface area contributed by atoms with E-state index in [2.05, 4.69) is 218 Å². The van der Waals surface area contributed by atoms with Gasteiger partial charge < -0.3 is 18.9 Å². The van der Waals surface area contributed by atoms with Gasteiger partial charge in [0.25, 0.3) is 0 Å². The van der Waals surface area contributed by atoms with E-state index in [4.69, 9.17) is 18.9 Å². The molecule has 8 nitrogen and oxygen atoms in total. The van der Waals surface area contributed by atoms with Crippen molar-refractivity contribution < 1.29 is 38.1 Å². The molecule has 0 radical (unpaired) electrons. The van der Waals surface area contributed by atoms with Crippen molar-refractivity contribution >= 4 is 89.0 Å². The number of carbonyl (C=O) groups excluding carboxylic acids is 4. The smallest absolute Gasteiger partial charge is 0.344 e. The second kappa shape index (κ2) is 40.9. The molecule has 18 rings (SSSR count). The summed E-state index contributed by atoms with van der Waals surface area (Å²) < 4.78 is 22.5. The quantitative estimate of drug-likeness (QED) is 0.0422. The first-order valence-corrected chi connectivity index (χ1v) is 44.3. The SMILES string of the molecule is O=C(Oc1ccc([S+](c2ccccc2)c2ccccc2)cc1)C1CCCC1.O=C(Oc1ccc([S+](c2ccccc2)c2ccccc2)cc1)c1ccc2ccccc2c1.O=C(Oc1ccc([S+](c2ccccc2)c2ccccc2)cc1)c1cccc2ccccc12.O=C(Oc1ccc([S+](c2ccccc2)c2ccccc2)cc1)c1ccccc1. The fourth-order valence-corrected chi connectivity index (χ4v) is 22.1. The number of hydrogen-bond donors (Lipinski definition) is 0. The Balaban J connectivity index is 0.000000124. The maximum atomic E-state index is 12.9. The summed E-state index contributed by atoms with van der Waals surface area (Å²) in [5.41, 5.74) is 1.65. The van der Waals surface area contributed by atoms with Crippen LogP contribution in [0.1, 0.15) is 56.8 Å². The Bertz CT molecular complexity index is 5930. The molecular formula is C107H84O8S4+4. The minimum Gasteiger partial charge on any atom is -0.426 e. The minimum atomic E-state index is -0.353. The highest BCUT2D eigenvalue weighted by Gasteiger charge is 2.33. The lowest BCUT2D eigenvalue weighted by Crippen LogP contribution is -2.17. The van der Waals surface area contributed by atoms with Gasteiger partial charge in [0.1, 0.15) is 23.0 Å². The van der Waals surface area contributed by atoms with Crippen molar-refractivity contribution in [3.8, 4) is 23.0 Å². The van der Waals surface area contributed by atoms with Crippen LogP contribution in [0.5, 0.6) is 23.0 Å². The van der Waals surface area contributed by atoms with Gasteiger partial charge in [-0.3, -0.25) is 4.79 Å². The van der Waals surface area contributed by atoms with Crippen LogP contribution in [0.25, 0.3) is 21.5 Å². The van der Waals surface area contributed by atoms with E-state index in [0.717, 1.165) is 47.2 Å². The zero-order valence-corrected chi connectivity index (χ0v) is 68.4. The van der Waals surface area contributed by atoms with E-state index in [1.807, 2.05) is 212 Å². The van der Waals surface area contributed by atoms with Crippen molar-refractivity contribution in [3.63, 3.8) is 0 Å². The van der Waals surface area contributed by atoms with E-state index >= 15 is 0 Å². The van der Waals surface area contributed by atoms with Gasteiger partial charge in [-0.2, -0.15) is 0 Å². The second-order valence-corrected chi connectivity index (χ2v) is 35.7. The van der Waals surface area contributed by atoms with Gasteiger partial charge in [0, 0.05) is 0 Å². The van der Waals surface area contributed by atoms with Gasteiger partial charge in [-0.25, -0.2) is 14.4 Å². The lowest BCUT2D eigenvalue weighted by molar-refractivity contribution is -0.138. The predicted octanol–water partition coefficient (Wildman–Crippen LogP) is 26.2. The van der Waals surface area contributed by atoms with Crippen molar-refractivity contribution in [1.82, 2.24) is 0 Å². The van der Waals surface area contributed by atoms with Crippen LogP contribution in [0.4, 0.5) is 0 Å². The summed E-state index contributed by atoms with van der Waals surface area (Å²) in [5.74, 6) is 1.21. The standard InChI is InChI=1S/2C29H21O2S.C25H19O2S.C24H23O2S/c30-29(28-17-9-11-22-10-7-8-16-27(22)28)31-23-18-20-26(21-19-23)32(24-12-3-1-4-13-24)25-14-5-2-6-15-25;30-29(24-16-15-22-9-7-8-10-23(22)21-24)31-25-17-19-28(20-18-25)32(26-11-3-1-4-12-26)27-13-5-2-6-14-27;26-25(20-10-4-1-5-11-20)27-21-16-18-24(19-17-21)28(22-12-6-2-7-13-22)23-14-8-3-9-15-23;25-24(19-9-7-8-10-19)26-20-15-17-23(18-16-20)27(21-11-3-1-4-12-21)22-13-5-2-6-14-22/h2*1-21H;1-19H;1-6,11-19H,7-10H2/q4*+1. The summed E-state index contributed by atoms with van der Waals surface area (Å²) in [7, 11) is -0.849. The molecule has 0 unspecified atom stereocenters. The highest BCUT2D eigenvalue weighted by Crippen LogP contribution is 2.38. The number of ether oxygens (including phenoxy) is 4. The molecule has 17 aromatic carbocycles. The van der Waals surface area contributed by atoms with E-state index in [0.29, 0.717) is 39.7 Å². The van der Waals surface area contributed by atoms with Crippen molar-refractivity contribution in [3.05, 3.63) is 472 Å². The third kappa shape index (κ3) is 21.4. The van der Waals surface area contributed by atoms with Gasteiger partial charge in [-0.05, 0) is 259 Å². The Kier molecular flexibility index (Phi) is 27.7. The van der Waals surface area contributed by atoms with Crippen LogP contribution < -0.4 is 18.9 Å². The zero-order valence-electron chi connectivity index (χ0n) is 65.1. The van der Waals surface area contributed by atoms with Crippen LogP contribution >= 0.6 is 0 Å². The summed E-state index contributed by atoms with van der Waals surface area (Å²) in [6.07, 6.45) is 4.19. The lowest BCUT2D eigenvalue weighted by Gasteiger charge is -2.11. The van der Waals surface area contributed by atoms with Crippen molar-refractivity contribution in [2.75, 3.05) is 0 Å². The number of rotatable bonds is 20. The summed E-state index contributed by atoms with van der Waals surface area (Å²) in [5, 5.41) is 4.03. The molecule has 0 saturated heterocycles. The molecule has 0 heterocycles. The molecule has 17 aromatic rings. The van der Waals surface area contributed by atoms with Crippen LogP contribution in [0.3, 0.4) is 0 Å². The third-order valence-electron chi connectivity index (χ3n) is 19.6. The number of hydrogen-bond acceptors (Lipinski definition) is 8. The predicted molar refractivity (Wildman–Crippen MR) is 483 cm³/mol. The zero-order chi connectivity index (χ0) is 81.2. The molecule has 1 aliphatic carbocycles. The van der Waals surface area contributed by atoms with Gasteiger partial charge in [0.05, 0.1) is 66.2 Å². The lowest BCUT2D eigenvalue weighted by atomic mass is 10.0. The molecule has 12 heteroatoms. The molecule has 580 valence electrons. The molecular weight excluding hydrogens is 1540 g/mol. The van der Waals surface area contributed by atoms with Crippen molar-refractivity contribution in [2.45, 2.75) is 84.4 Å². The van der Waals surface area contributed by atoms with Crippen LogP contribution in [0.2, 0.25) is 0 Å². The molecule has 0 spiro atoms. The van der Waals surface area contributed by atoms with Crippen molar-refractivity contribution in [1.29, 1.82) is 0 Å². The summed E-state index contributed by atoms with van der Waals surface area (Å²) in [6.45, 7) is 0. The minimum absolute atomic E-state index is 0.0768. The average molecular weight is 1630 g/mol. The van der Waals surface area contributed by atoms with E-state index in [1.165, 1.54) is 58.7 Å². The molecule has 1 aliphatic rings. The fraction of sp³-hybridized carbons (Fsp3) is 0.0467. The van der Waals surface area contributed by atoms with Gasteiger partial charge in [0.2, 0.25) is 0 Å². The maximum Gasteiger partial charge on any atom is 0.344 e. The van der Waals surface area contributed by atoms with Gasteiger partial charge >= 0.3 is 23.9 Å². The number of carbonyl (C=O) groups is 4. The van der Waals surface area contributed by atoms with E-state index in [-0.39, 0.29) is 73.4 Å². The Morgan fingerprint density at radius 1 is 0.210 bits per heavy atom. The molecule has 0 aliphatic heterocycles. The summed E-state index contributed by atoms with van der Waals surface area (Å²) >= 11 is 0. The first kappa shape index (κ1) is 80.7. The molecule has 1 saturated carbocycles. The highest BCUT2D eigenvalue weighted by molar-refractivity contribution is 7.98. The topological polar surface area (TPSA) is 105 Å². The molecule has 119 heavy (non-hydrogen) atoms. The number of esters is 4. The third-order valence-corrected chi connectivity index (χ3v) is 28.5. The highest BCUT2D eigenvalue weighted by atomic mass is 32.2. The maximum absolute atomic E-state index is 12.9. The van der Waals surface area contributed by atoms with E-state index in [9.17, 15) is 19.2 Å². The molecule has 0 bridgehead atoms. The fourth-order valence-electron chi connectivity index (χ4n) is 13.8. The largest absolute Gasteiger partial charge is 0.426 e. The van der Waals surface area contributed by atoms with Crippen LogP contribution in [0, 0.1) is 5.92 Å². The van der Waals surface area contributed by atoms with E-state index in [1.54, 1.807) is 24.3 Å². The Morgan fingerprint density at radius 2 is 0.471 bits per heavy atom. The Hall–Kier alpha value is -13.5. The number of fused-ring (bicyclic) bond motifs is 2. The van der Waals surface area contributed by atoms with Gasteiger partial charge in [-0.15, -0.1) is 0 Å². The van der Waals surface area contributed by atoms with Crippen molar-refractivity contribution in [2.24, 2.45) is 5.92 Å². The first-order valence-electron chi connectivity index (χ1n) is 39.4. The molecule has 0 aromatic heterocycles. The molecule has 0 amide bonds. The monoisotopic (exact) mass is 1620 g/mol. The average Bonchev–Trinajstić information content (AvgIpc) is 1.00. The first-order chi connectivity index (χ1) is 58.7. The Morgan fingerprint density at radius 3 is 0.815 bits per heavy atom. The normalized spacial score (nSPS) is 11.6.